The van der Waals surface area contributed by atoms with Crippen molar-refractivity contribution in [1.29, 1.82) is 0 Å². The molecule has 0 amide bonds. The van der Waals surface area contributed by atoms with E-state index in [4.69, 9.17) is 9.47 Å². The topological polar surface area (TPSA) is 18.5 Å². The third-order valence-electron chi connectivity index (χ3n) is 25.8. The first-order valence-electron chi connectivity index (χ1n) is 23.4. The Morgan fingerprint density at radius 3 is 1.46 bits per heavy atom. The first-order valence-corrected chi connectivity index (χ1v) is 32.5. The number of ether oxygens (including phenoxy) is 2. The number of benzene rings is 4. The van der Waals surface area contributed by atoms with Crippen molar-refractivity contribution < 1.29 is 16.0 Å². The first kappa shape index (κ1) is 36.0. The molecule has 11 saturated heterocycles. The van der Waals surface area contributed by atoms with Crippen LogP contribution in [0, 0.1) is 17.3 Å². The molecule has 0 bridgehead atoms. The maximum absolute atomic E-state index is 6.02. The fourth-order valence-corrected chi connectivity index (χ4v) is 157. The normalized spacial score (nSPS) is 51.5. The predicted molar refractivity (Wildman–Crippen MR) is 251 cm³/mol. The average Bonchev–Trinajstić information content (AvgIpc) is 4.22. The van der Waals surface area contributed by atoms with Gasteiger partial charge in [-0.05, 0) is 0 Å². The molecule has 11 fully saturated rings. The SMILES string of the molecule is CC(C)[C]12[C]3(CCCCC(C)(C)CCC4OCCCO4)[C]4(P(c5ccccc5)c5ccccc5)[C]5(P(c6ccccc6)c6ccccc6)[C]1(C(C)C)[Fe]32451678[CH]2[CH]1[CH]6[C]7(P)[CH]28. The molecule has 4 aromatic carbocycles. The Hall–Kier alpha value is -1.39. The quantitative estimate of drug-likeness (QED) is 0.0634. The van der Waals surface area contributed by atoms with Gasteiger partial charge < -0.3 is 0 Å². The molecule has 4 aromatic rings. The molecule has 6 heteroatoms. The second-order valence-electron chi connectivity index (χ2n) is 24.0. The molecule has 10 atom stereocenters. The van der Waals surface area contributed by atoms with Crippen molar-refractivity contribution >= 4 is 46.3 Å². The third kappa shape index (κ3) is 1.19. The van der Waals surface area contributed by atoms with Crippen LogP contribution in [0.1, 0.15) is 86.5 Å². The van der Waals surface area contributed by atoms with Crippen LogP contribution >= 0.6 is 25.1 Å². The van der Waals surface area contributed by atoms with Crippen LogP contribution in [0.4, 0.5) is 0 Å². The Morgan fingerprint density at radius 1 is 0.627 bits per heavy atom. The molecule has 11 aliphatic heterocycles. The van der Waals surface area contributed by atoms with Crippen LogP contribution in [0.15, 0.2) is 121 Å². The molecule has 1 spiro atoms. The van der Waals surface area contributed by atoms with Crippen LogP contribution in [0.25, 0.3) is 0 Å². The van der Waals surface area contributed by atoms with Gasteiger partial charge in [0.05, 0.1) is 0 Å². The van der Waals surface area contributed by atoms with Crippen LogP contribution in [0.3, 0.4) is 0 Å². The van der Waals surface area contributed by atoms with Crippen molar-refractivity contribution in [1.82, 2.24) is 0 Å². The Bertz CT molecular complexity index is 2840. The fraction of sp³-hybridized carbons (Fsp3) is 0.547. The summed E-state index contributed by atoms with van der Waals surface area (Å²) >= 11 is 0. The predicted octanol–water partition coefficient (Wildman–Crippen LogP) is 12.8. The zero-order valence-electron chi connectivity index (χ0n) is 36.1. The van der Waals surface area contributed by atoms with Gasteiger partial charge in [-0.25, -0.2) is 0 Å². The molecule has 0 N–H and O–H groups in total. The van der Waals surface area contributed by atoms with Crippen LogP contribution in [0.5, 0.6) is 0 Å². The molecule has 11 heterocycles. The molecule has 0 aromatic heterocycles. The summed E-state index contributed by atoms with van der Waals surface area (Å²) in [4.78, 5) is 4.25. The van der Waals surface area contributed by atoms with E-state index in [0.717, 1.165) is 57.2 Å². The first-order chi connectivity index (χ1) is 28.4. The molecule has 11 aliphatic rings. The number of rotatable bonds is 16. The molecule has 2 nitrogen and oxygen atoms in total. The van der Waals surface area contributed by atoms with E-state index in [1.165, 1.54) is 32.1 Å². The molecule has 10 unspecified atom stereocenters. The summed E-state index contributed by atoms with van der Waals surface area (Å²) in [5.41, 5.74) is 0.296. The van der Waals surface area contributed by atoms with Crippen molar-refractivity contribution in [3.63, 3.8) is 0 Å². The molecule has 312 valence electrons. The van der Waals surface area contributed by atoms with Crippen molar-refractivity contribution in [2.24, 2.45) is 17.3 Å². The molecule has 59 heavy (non-hydrogen) atoms. The van der Waals surface area contributed by atoms with Gasteiger partial charge in [-0.15, -0.1) is 0 Å². The van der Waals surface area contributed by atoms with Gasteiger partial charge in [-0.1, -0.05) is 0 Å². The number of hydrogen-bond donors (Lipinski definition) is 0. The van der Waals surface area contributed by atoms with E-state index in [2.05, 4.69) is 172 Å². The van der Waals surface area contributed by atoms with Crippen LogP contribution in [-0.4, -0.2) is 31.7 Å². The monoisotopic (exact) mass is 882 g/mol. The second kappa shape index (κ2) is 7.23. The number of unbranched alkanes of at least 4 members (excludes halogenated alkanes) is 1. The van der Waals surface area contributed by atoms with Crippen molar-refractivity contribution in [2.45, 2.75) is 137 Å². The molecular weight excluding hydrogens is 817 g/mol. The number of fused-ring (bicyclic) bond motifs is 10. The maximum atomic E-state index is 6.02. The van der Waals surface area contributed by atoms with E-state index in [1.54, 1.807) is 21.2 Å². The molecule has 0 saturated carbocycles. The van der Waals surface area contributed by atoms with E-state index in [0.29, 0.717) is 30.5 Å². The summed E-state index contributed by atoms with van der Waals surface area (Å²) in [5, 5.41) is 6.81. The van der Waals surface area contributed by atoms with E-state index in [-0.39, 0.29) is 6.29 Å². The zero-order valence-corrected chi connectivity index (χ0v) is 40.1. The van der Waals surface area contributed by atoms with Crippen molar-refractivity contribution in [2.75, 3.05) is 13.2 Å². The summed E-state index contributed by atoms with van der Waals surface area (Å²) < 4.78 is 15.2. The van der Waals surface area contributed by atoms with Crippen LogP contribution < -0.4 is 21.2 Å². The summed E-state index contributed by atoms with van der Waals surface area (Å²) in [6.45, 7) is 12.9. The van der Waals surface area contributed by atoms with Gasteiger partial charge in [0.15, 0.2) is 0 Å². The van der Waals surface area contributed by atoms with Gasteiger partial charge in [0.25, 0.3) is 0 Å². The summed E-state index contributed by atoms with van der Waals surface area (Å²) in [6, 6.07) is 49.4. The summed E-state index contributed by atoms with van der Waals surface area (Å²) in [7, 11) is 2.84. The van der Waals surface area contributed by atoms with Gasteiger partial charge in [0, 0.05) is 0 Å². The van der Waals surface area contributed by atoms with Gasteiger partial charge >= 0.3 is 351 Å². The van der Waals surface area contributed by atoms with Gasteiger partial charge in [-0.3, -0.25) is 0 Å². The molecular formula is C53H65FeO2P3. The van der Waals surface area contributed by atoms with Gasteiger partial charge in [-0.2, -0.15) is 0 Å². The Morgan fingerprint density at radius 2 is 1.07 bits per heavy atom. The van der Waals surface area contributed by atoms with Crippen LogP contribution in [-0.2, 0) is 16.0 Å². The van der Waals surface area contributed by atoms with Crippen molar-refractivity contribution in [3.05, 3.63) is 121 Å². The Balaban J connectivity index is 0.990. The van der Waals surface area contributed by atoms with E-state index in [1.807, 2.05) is 0 Å². The Labute approximate surface area is 349 Å². The van der Waals surface area contributed by atoms with E-state index < -0.39 is 22.4 Å². The second-order valence-corrected chi connectivity index (χ2v) is 53.2. The molecule has 15 rings (SSSR count). The van der Waals surface area contributed by atoms with Gasteiger partial charge in [0.2, 0.25) is 0 Å². The van der Waals surface area contributed by atoms with Gasteiger partial charge in [0.1, 0.15) is 0 Å². The summed E-state index contributed by atoms with van der Waals surface area (Å²) in [5.74, 6) is 1.49. The average molecular weight is 883 g/mol. The van der Waals surface area contributed by atoms with E-state index >= 15 is 0 Å². The minimum atomic E-state index is -5.10. The fourth-order valence-electron chi connectivity index (χ4n) is 29.9. The standard InChI is InChI=1S/C48H59O2P2.C5H6P.Fe/c1-36(2)44-42(30-19-20-32-48(5,6)33-31-43-49-34-21-35-50-43)46(51(38-22-11-7-12-23-38)39-24-13-8-14-25-39)47(45(44)37(3)4)52(40-26-15-9-16-27-40)41-28-17-10-18-29-41;6-5-3-1-2-4-5;/h7-18,22-29,36-37,43H,19-21,30-35H2,1-6H3;1-4H,6H2;. The molecule has 0 aliphatic carbocycles. The molecule has 0 radical (unpaired) electrons. The van der Waals surface area contributed by atoms with Crippen LogP contribution in [0.2, 0.25) is 32.2 Å². The number of hydrogen-bond acceptors (Lipinski definition) is 2. The zero-order chi connectivity index (χ0) is 40.2. The third-order valence-corrected chi connectivity index (χ3v) is 91.1. The van der Waals surface area contributed by atoms with Crippen molar-refractivity contribution in [3.8, 4) is 0 Å². The minimum absolute atomic E-state index is 0.00267. The summed E-state index contributed by atoms with van der Waals surface area (Å²) in [6.07, 6.45) is 8.83. The van der Waals surface area contributed by atoms with E-state index in [9.17, 15) is 0 Å². The Kier molecular flexibility index (Phi) is 4.41.